The van der Waals surface area contributed by atoms with Crippen LogP contribution < -0.4 is 10.1 Å². The highest BCUT2D eigenvalue weighted by Gasteiger charge is 2.11. The molecule has 3 aromatic rings. The van der Waals surface area contributed by atoms with Gasteiger partial charge in [-0.1, -0.05) is 60.7 Å². The van der Waals surface area contributed by atoms with Crippen LogP contribution in [0.3, 0.4) is 0 Å². The second-order valence-corrected chi connectivity index (χ2v) is 6.33. The summed E-state index contributed by atoms with van der Waals surface area (Å²) < 4.78 is 10.8. The molecule has 1 N–H and O–H groups in total. The Morgan fingerprint density at radius 1 is 0.828 bits per heavy atom. The van der Waals surface area contributed by atoms with Crippen molar-refractivity contribution in [2.75, 3.05) is 13.2 Å². The van der Waals surface area contributed by atoms with Gasteiger partial charge in [-0.2, -0.15) is 0 Å². The predicted molar refractivity (Wildman–Crippen MR) is 112 cm³/mol. The molecular formula is C24H23NO4. The Bertz CT molecular complexity index is 952. The lowest BCUT2D eigenvalue weighted by Gasteiger charge is -2.11. The first-order valence-corrected chi connectivity index (χ1v) is 9.47. The van der Waals surface area contributed by atoms with E-state index in [0.29, 0.717) is 17.9 Å². The van der Waals surface area contributed by atoms with E-state index in [0.717, 1.165) is 16.7 Å². The van der Waals surface area contributed by atoms with Crippen LogP contribution in [0.4, 0.5) is 0 Å². The van der Waals surface area contributed by atoms with Gasteiger partial charge in [0.15, 0.2) is 0 Å². The van der Waals surface area contributed by atoms with Crippen molar-refractivity contribution in [3.05, 3.63) is 90.0 Å². The van der Waals surface area contributed by atoms with Crippen molar-refractivity contribution in [1.29, 1.82) is 0 Å². The second-order valence-electron chi connectivity index (χ2n) is 6.33. The number of esters is 1. The quantitative estimate of drug-likeness (QED) is 0.586. The third-order valence-electron chi connectivity index (χ3n) is 4.31. The van der Waals surface area contributed by atoms with Crippen LogP contribution >= 0.6 is 0 Å². The summed E-state index contributed by atoms with van der Waals surface area (Å²) in [6.07, 6.45) is 0. The molecule has 0 saturated carbocycles. The molecule has 0 aromatic heterocycles. The number of carbonyl (C=O) groups excluding carboxylic acids is 2. The lowest BCUT2D eigenvalue weighted by molar-refractivity contribution is -0.143. The minimum Gasteiger partial charge on any atom is -0.493 e. The third kappa shape index (κ3) is 5.69. The van der Waals surface area contributed by atoms with E-state index in [4.69, 9.17) is 9.47 Å². The number of benzene rings is 3. The van der Waals surface area contributed by atoms with Crippen molar-refractivity contribution in [2.45, 2.75) is 13.5 Å². The van der Waals surface area contributed by atoms with Gasteiger partial charge in [0.2, 0.25) is 0 Å². The molecule has 3 rings (SSSR count). The number of nitrogens with one attached hydrogen (secondary N) is 1. The van der Waals surface area contributed by atoms with Crippen molar-refractivity contribution in [1.82, 2.24) is 5.32 Å². The van der Waals surface area contributed by atoms with E-state index in [-0.39, 0.29) is 19.1 Å². The van der Waals surface area contributed by atoms with Crippen LogP contribution in [-0.4, -0.2) is 25.0 Å². The number of para-hydroxylation sites is 1. The van der Waals surface area contributed by atoms with Gasteiger partial charge in [-0.25, -0.2) is 0 Å². The summed E-state index contributed by atoms with van der Waals surface area (Å²) in [4.78, 5) is 24.3. The smallest absolute Gasteiger partial charge is 0.325 e. The van der Waals surface area contributed by atoms with Crippen LogP contribution in [0, 0.1) is 0 Å². The number of rotatable bonds is 8. The fraction of sp³-hybridized carbons (Fsp3) is 0.167. The monoisotopic (exact) mass is 389 g/mol. The largest absolute Gasteiger partial charge is 0.493 e. The summed E-state index contributed by atoms with van der Waals surface area (Å²) in [5, 5.41) is 2.59. The Labute approximate surface area is 170 Å². The minimum atomic E-state index is -0.509. The van der Waals surface area contributed by atoms with Gasteiger partial charge in [0.1, 0.15) is 18.9 Å². The van der Waals surface area contributed by atoms with Crippen LogP contribution in [0.15, 0.2) is 78.9 Å². The Balaban J connectivity index is 1.49. The third-order valence-corrected chi connectivity index (χ3v) is 4.31. The molecule has 0 fully saturated rings. The maximum atomic E-state index is 12.3. The summed E-state index contributed by atoms with van der Waals surface area (Å²) in [5.41, 5.74) is 3.37. The molecule has 3 aromatic carbocycles. The molecule has 29 heavy (non-hydrogen) atoms. The first-order chi connectivity index (χ1) is 14.2. The molecule has 0 aliphatic carbocycles. The highest BCUT2D eigenvalue weighted by atomic mass is 16.5. The molecule has 0 bridgehead atoms. The molecule has 5 nitrogen and oxygen atoms in total. The maximum Gasteiger partial charge on any atom is 0.325 e. The summed E-state index contributed by atoms with van der Waals surface area (Å²) in [6.45, 7) is 2.32. The fourth-order valence-corrected chi connectivity index (χ4v) is 2.83. The van der Waals surface area contributed by atoms with Gasteiger partial charge in [0, 0.05) is 11.1 Å². The van der Waals surface area contributed by atoms with E-state index in [9.17, 15) is 9.59 Å². The number of carbonyl (C=O) groups is 2. The van der Waals surface area contributed by atoms with Gasteiger partial charge in [-0.3, -0.25) is 9.59 Å². The van der Waals surface area contributed by atoms with Crippen molar-refractivity contribution < 1.29 is 19.1 Å². The molecule has 0 aliphatic heterocycles. The summed E-state index contributed by atoms with van der Waals surface area (Å²) in [5.74, 6) is -0.146. The topological polar surface area (TPSA) is 64.6 Å². The van der Waals surface area contributed by atoms with E-state index in [2.05, 4.69) is 5.32 Å². The summed E-state index contributed by atoms with van der Waals surface area (Å²) in [7, 11) is 0. The molecule has 148 valence electrons. The number of hydrogen-bond acceptors (Lipinski definition) is 4. The Hall–Kier alpha value is -3.60. The van der Waals surface area contributed by atoms with E-state index in [1.165, 1.54) is 0 Å². The molecular weight excluding hydrogens is 366 g/mol. The Morgan fingerprint density at radius 2 is 1.48 bits per heavy atom. The standard InChI is InChI=1S/C24H23NO4/c1-2-28-22-11-7-6-10-21(22)17-29-23(26)16-25-24(27)20-14-12-19(13-15-20)18-8-4-3-5-9-18/h3-15H,2,16-17H2,1H3,(H,25,27). The van der Waals surface area contributed by atoms with Crippen LogP contribution in [0.1, 0.15) is 22.8 Å². The van der Waals surface area contributed by atoms with Crippen LogP contribution in [0.5, 0.6) is 5.75 Å². The van der Waals surface area contributed by atoms with Gasteiger partial charge in [-0.15, -0.1) is 0 Å². The van der Waals surface area contributed by atoms with Crippen LogP contribution in [0.2, 0.25) is 0 Å². The Kier molecular flexibility index (Phi) is 7.00. The zero-order chi connectivity index (χ0) is 20.5. The van der Waals surface area contributed by atoms with E-state index < -0.39 is 5.97 Å². The highest BCUT2D eigenvalue weighted by Crippen LogP contribution is 2.20. The maximum absolute atomic E-state index is 12.3. The number of ether oxygens (including phenoxy) is 2. The molecule has 0 aliphatic rings. The summed E-state index contributed by atoms with van der Waals surface area (Å²) >= 11 is 0. The minimum absolute atomic E-state index is 0.0939. The van der Waals surface area contributed by atoms with Gasteiger partial charge in [-0.05, 0) is 36.2 Å². The van der Waals surface area contributed by atoms with Crippen molar-refractivity contribution in [2.24, 2.45) is 0 Å². The fourth-order valence-electron chi connectivity index (χ4n) is 2.83. The summed E-state index contributed by atoms with van der Waals surface area (Å²) in [6, 6.07) is 24.5. The van der Waals surface area contributed by atoms with Crippen LogP contribution in [0.25, 0.3) is 11.1 Å². The van der Waals surface area contributed by atoms with Crippen molar-refractivity contribution in [3.8, 4) is 16.9 Å². The molecule has 0 saturated heterocycles. The number of amides is 1. The van der Waals surface area contributed by atoms with Gasteiger partial charge in [0.05, 0.1) is 6.61 Å². The zero-order valence-corrected chi connectivity index (χ0v) is 16.3. The van der Waals surface area contributed by atoms with Gasteiger partial charge >= 0.3 is 5.97 Å². The SMILES string of the molecule is CCOc1ccccc1COC(=O)CNC(=O)c1ccc(-c2ccccc2)cc1. The lowest BCUT2D eigenvalue weighted by atomic mass is 10.0. The van der Waals surface area contributed by atoms with E-state index >= 15 is 0 Å². The molecule has 1 amide bonds. The predicted octanol–water partition coefficient (Wildman–Crippen LogP) is 4.23. The van der Waals surface area contributed by atoms with Crippen molar-refractivity contribution >= 4 is 11.9 Å². The molecule has 0 atom stereocenters. The lowest BCUT2D eigenvalue weighted by Crippen LogP contribution is -2.30. The Morgan fingerprint density at radius 3 is 2.21 bits per heavy atom. The van der Waals surface area contributed by atoms with Gasteiger partial charge < -0.3 is 14.8 Å². The normalized spacial score (nSPS) is 10.2. The van der Waals surface area contributed by atoms with Gasteiger partial charge in [0.25, 0.3) is 5.91 Å². The van der Waals surface area contributed by atoms with E-state index in [1.807, 2.05) is 73.7 Å². The zero-order valence-electron chi connectivity index (χ0n) is 16.3. The first kappa shape index (κ1) is 20.1. The average Bonchev–Trinajstić information content (AvgIpc) is 2.78. The van der Waals surface area contributed by atoms with Crippen molar-refractivity contribution in [3.63, 3.8) is 0 Å². The van der Waals surface area contributed by atoms with E-state index in [1.54, 1.807) is 12.1 Å². The molecule has 0 radical (unpaired) electrons. The first-order valence-electron chi connectivity index (χ1n) is 9.47. The molecule has 5 heteroatoms. The molecule has 0 heterocycles. The highest BCUT2D eigenvalue weighted by molar-refractivity contribution is 5.96. The number of hydrogen-bond donors (Lipinski definition) is 1. The van der Waals surface area contributed by atoms with Crippen LogP contribution in [-0.2, 0) is 16.1 Å². The average molecular weight is 389 g/mol. The molecule has 0 spiro atoms. The second kappa shape index (κ2) is 10.1. The molecule has 0 unspecified atom stereocenters.